The van der Waals surface area contributed by atoms with Crippen molar-refractivity contribution in [2.24, 2.45) is 0 Å². The highest BCUT2D eigenvalue weighted by Gasteiger charge is 2.29. The molecule has 0 spiro atoms. The van der Waals surface area contributed by atoms with Crippen molar-refractivity contribution in [3.63, 3.8) is 0 Å². The molecule has 0 saturated heterocycles. The van der Waals surface area contributed by atoms with Gasteiger partial charge in [-0.3, -0.25) is 9.10 Å². The van der Waals surface area contributed by atoms with Gasteiger partial charge < -0.3 is 14.8 Å². The minimum Gasteiger partial charge on any atom is -0.497 e. The first-order valence-corrected chi connectivity index (χ1v) is 11.9. The molecule has 0 fully saturated rings. The molecule has 0 heterocycles. The molecule has 3 aromatic rings. The van der Waals surface area contributed by atoms with Gasteiger partial charge in [0.15, 0.2) is 0 Å². The van der Waals surface area contributed by atoms with E-state index in [1.54, 1.807) is 74.7 Å². The zero-order valence-corrected chi connectivity index (χ0v) is 20.1. The molecule has 33 heavy (non-hydrogen) atoms. The molecule has 1 unspecified atom stereocenters. The number of carbonyl (C=O) groups is 1. The van der Waals surface area contributed by atoms with Crippen LogP contribution in [0.1, 0.15) is 18.5 Å². The van der Waals surface area contributed by atoms with E-state index < -0.39 is 28.5 Å². The lowest BCUT2D eigenvalue weighted by molar-refractivity contribution is -0.120. The van der Waals surface area contributed by atoms with Crippen molar-refractivity contribution in [1.82, 2.24) is 5.32 Å². The summed E-state index contributed by atoms with van der Waals surface area (Å²) in [6.45, 7) is 1.32. The molecule has 1 N–H and O–H groups in total. The molecule has 0 bridgehead atoms. The Morgan fingerprint density at radius 2 is 1.67 bits per heavy atom. The summed E-state index contributed by atoms with van der Waals surface area (Å²) in [7, 11) is -0.973. The number of methoxy groups -OCH3 is 2. The van der Waals surface area contributed by atoms with Crippen LogP contribution in [-0.2, 0) is 14.8 Å². The van der Waals surface area contributed by atoms with Crippen LogP contribution in [0.4, 0.5) is 5.69 Å². The second-order valence-corrected chi connectivity index (χ2v) is 9.44. The van der Waals surface area contributed by atoms with Crippen LogP contribution < -0.4 is 19.1 Å². The molecule has 0 saturated carbocycles. The molecule has 1 atom stereocenters. The first kappa shape index (κ1) is 24.4. The number of nitrogens with one attached hydrogen (secondary N) is 1. The Morgan fingerprint density at radius 1 is 1.00 bits per heavy atom. The molecule has 0 radical (unpaired) electrons. The van der Waals surface area contributed by atoms with Gasteiger partial charge in [0.05, 0.1) is 35.9 Å². The molecular formula is C24H25ClN2O5S. The van der Waals surface area contributed by atoms with Crippen LogP contribution in [-0.4, -0.2) is 35.1 Å². The summed E-state index contributed by atoms with van der Waals surface area (Å²) in [6.07, 6.45) is 0. The second-order valence-electron chi connectivity index (χ2n) is 7.17. The smallest absolute Gasteiger partial charge is 0.264 e. The molecule has 3 aromatic carbocycles. The molecule has 0 aliphatic carbocycles. The van der Waals surface area contributed by atoms with Crippen LogP contribution in [0.15, 0.2) is 77.7 Å². The lowest BCUT2D eigenvalue weighted by Gasteiger charge is -2.26. The van der Waals surface area contributed by atoms with Crippen LogP contribution in [0.2, 0.25) is 5.02 Å². The van der Waals surface area contributed by atoms with Crippen molar-refractivity contribution >= 4 is 33.2 Å². The van der Waals surface area contributed by atoms with E-state index in [1.165, 1.54) is 19.2 Å². The van der Waals surface area contributed by atoms with E-state index in [2.05, 4.69) is 5.32 Å². The average Bonchev–Trinajstić information content (AvgIpc) is 2.83. The molecule has 0 aromatic heterocycles. The number of anilines is 1. The largest absolute Gasteiger partial charge is 0.497 e. The maximum Gasteiger partial charge on any atom is 0.264 e. The first-order valence-electron chi connectivity index (χ1n) is 10.1. The van der Waals surface area contributed by atoms with Crippen LogP contribution in [0, 0.1) is 0 Å². The highest BCUT2D eigenvalue weighted by Crippen LogP contribution is 2.31. The number of ether oxygens (including phenoxy) is 2. The molecule has 0 aliphatic heterocycles. The van der Waals surface area contributed by atoms with Crippen LogP contribution >= 0.6 is 11.6 Å². The number of halogens is 1. The van der Waals surface area contributed by atoms with Gasteiger partial charge in [0.2, 0.25) is 5.91 Å². The third-order valence-corrected chi connectivity index (χ3v) is 7.11. The summed E-state index contributed by atoms with van der Waals surface area (Å²) in [5, 5.41) is 3.06. The van der Waals surface area contributed by atoms with Gasteiger partial charge in [0.1, 0.15) is 18.0 Å². The summed E-state index contributed by atoms with van der Waals surface area (Å²) in [5.74, 6) is 0.673. The fraction of sp³-hybridized carbons (Fsp3) is 0.208. The SMILES string of the molecule is COc1ccc(OC)c(C(C)NC(=O)CN(c2ccccc2Cl)S(=O)(=O)c2ccccc2)c1. The minimum atomic E-state index is -4.05. The van der Waals surface area contributed by atoms with Gasteiger partial charge in [-0.05, 0) is 49.4 Å². The van der Waals surface area contributed by atoms with E-state index in [-0.39, 0.29) is 15.6 Å². The standard InChI is InChI=1S/C24H25ClN2O5S/c1-17(20-15-18(31-2)13-14-23(20)32-3)26-24(28)16-27(22-12-8-7-11-21(22)25)33(29,30)19-9-5-4-6-10-19/h4-15,17H,16H2,1-3H3,(H,26,28). The fourth-order valence-electron chi connectivity index (χ4n) is 3.35. The predicted octanol–water partition coefficient (Wildman–Crippen LogP) is 4.43. The molecule has 174 valence electrons. The average molecular weight is 489 g/mol. The number of benzene rings is 3. The van der Waals surface area contributed by atoms with Crippen molar-refractivity contribution in [2.75, 3.05) is 25.1 Å². The van der Waals surface area contributed by atoms with Crippen LogP contribution in [0.5, 0.6) is 11.5 Å². The number of carbonyl (C=O) groups excluding carboxylic acids is 1. The normalized spacial score (nSPS) is 12.0. The maximum absolute atomic E-state index is 13.4. The molecule has 3 rings (SSSR count). The second kappa shape index (κ2) is 10.6. The van der Waals surface area contributed by atoms with Crippen molar-refractivity contribution in [3.05, 3.63) is 83.4 Å². The Morgan fingerprint density at radius 3 is 2.30 bits per heavy atom. The van der Waals surface area contributed by atoms with E-state index in [1.807, 2.05) is 0 Å². The number of amides is 1. The Bertz CT molecular complexity index is 1220. The summed E-state index contributed by atoms with van der Waals surface area (Å²) in [4.78, 5) is 13.1. The van der Waals surface area contributed by atoms with E-state index in [0.717, 1.165) is 4.31 Å². The Labute approximate surface area is 198 Å². The zero-order valence-electron chi connectivity index (χ0n) is 18.5. The third-order valence-electron chi connectivity index (χ3n) is 5.02. The van der Waals surface area contributed by atoms with Gasteiger partial charge in [-0.1, -0.05) is 41.9 Å². The van der Waals surface area contributed by atoms with Crippen LogP contribution in [0.25, 0.3) is 0 Å². The lowest BCUT2D eigenvalue weighted by Crippen LogP contribution is -2.41. The van der Waals surface area contributed by atoms with Crippen molar-refractivity contribution < 1.29 is 22.7 Å². The number of hydrogen-bond donors (Lipinski definition) is 1. The van der Waals surface area contributed by atoms with Gasteiger partial charge in [0, 0.05) is 5.56 Å². The number of rotatable bonds is 9. The lowest BCUT2D eigenvalue weighted by atomic mass is 10.1. The minimum absolute atomic E-state index is 0.0558. The third kappa shape index (κ3) is 5.58. The van der Waals surface area contributed by atoms with Crippen molar-refractivity contribution in [3.8, 4) is 11.5 Å². The van der Waals surface area contributed by atoms with E-state index >= 15 is 0 Å². The van der Waals surface area contributed by atoms with Gasteiger partial charge in [0.25, 0.3) is 10.0 Å². The van der Waals surface area contributed by atoms with E-state index in [0.29, 0.717) is 17.1 Å². The van der Waals surface area contributed by atoms with Crippen molar-refractivity contribution in [1.29, 1.82) is 0 Å². The number of para-hydroxylation sites is 1. The molecular weight excluding hydrogens is 464 g/mol. The fourth-order valence-corrected chi connectivity index (χ4v) is 5.10. The van der Waals surface area contributed by atoms with E-state index in [4.69, 9.17) is 21.1 Å². The molecule has 7 nitrogen and oxygen atoms in total. The number of sulfonamides is 1. The molecule has 9 heteroatoms. The van der Waals surface area contributed by atoms with Gasteiger partial charge >= 0.3 is 0 Å². The highest BCUT2D eigenvalue weighted by molar-refractivity contribution is 7.92. The highest BCUT2D eigenvalue weighted by atomic mass is 35.5. The monoisotopic (exact) mass is 488 g/mol. The Balaban J connectivity index is 1.91. The first-order chi connectivity index (χ1) is 15.8. The summed E-state index contributed by atoms with van der Waals surface area (Å²) >= 11 is 6.30. The number of hydrogen-bond acceptors (Lipinski definition) is 5. The van der Waals surface area contributed by atoms with Crippen LogP contribution in [0.3, 0.4) is 0 Å². The van der Waals surface area contributed by atoms with Gasteiger partial charge in [-0.25, -0.2) is 8.42 Å². The van der Waals surface area contributed by atoms with Gasteiger partial charge in [-0.2, -0.15) is 0 Å². The maximum atomic E-state index is 13.4. The molecule has 0 aliphatic rings. The topological polar surface area (TPSA) is 84.9 Å². The number of nitrogens with zero attached hydrogens (tertiary/aromatic N) is 1. The Hall–Kier alpha value is -3.23. The van der Waals surface area contributed by atoms with Crippen molar-refractivity contribution in [2.45, 2.75) is 17.9 Å². The summed E-state index contributed by atoms with van der Waals surface area (Å²) in [6, 6.07) is 19.2. The molecule has 1 amide bonds. The summed E-state index contributed by atoms with van der Waals surface area (Å²) < 4.78 is 38.5. The Kier molecular flexibility index (Phi) is 7.84. The van der Waals surface area contributed by atoms with E-state index in [9.17, 15) is 13.2 Å². The summed E-state index contributed by atoms with van der Waals surface area (Å²) in [5.41, 5.74) is 0.908. The zero-order chi connectivity index (χ0) is 24.0. The predicted molar refractivity (Wildman–Crippen MR) is 129 cm³/mol. The quantitative estimate of drug-likeness (QED) is 0.481. The van der Waals surface area contributed by atoms with Gasteiger partial charge in [-0.15, -0.1) is 0 Å².